The fourth-order valence-electron chi connectivity index (χ4n) is 14.4. The molecule has 31 atom stereocenters. The summed E-state index contributed by atoms with van der Waals surface area (Å²) in [5.74, 6) is -0.256. The molecule has 18 N–H and O–H groups in total. The zero-order chi connectivity index (χ0) is 72.4. The minimum absolute atomic E-state index is 0.0540. The summed E-state index contributed by atoms with van der Waals surface area (Å²) in [6.07, 6.45) is -37.5. The lowest BCUT2D eigenvalue weighted by molar-refractivity contribution is -0.394. The molecule has 0 amide bonds. The Kier molecular flexibility index (Phi) is 31.2. The molecule has 0 aromatic heterocycles. The van der Waals surface area contributed by atoms with Gasteiger partial charge in [-0.15, -0.1) is 0 Å². The van der Waals surface area contributed by atoms with Crippen LogP contribution in [0.2, 0.25) is 0 Å². The largest absolute Gasteiger partial charge is 0.394 e. The number of allylic oxidation sites excluding steroid dienone is 9. The molecule has 1 aliphatic carbocycles. The number of ether oxygens (including phenoxy) is 13. The Morgan fingerprint density at radius 2 is 0.980 bits per heavy atom. The van der Waals surface area contributed by atoms with Crippen molar-refractivity contribution in [2.45, 2.75) is 303 Å². The van der Waals surface area contributed by atoms with Gasteiger partial charge in [-0.3, -0.25) is 0 Å². The summed E-state index contributed by atoms with van der Waals surface area (Å²) < 4.78 is 77.7. The second kappa shape index (κ2) is 36.9. The molecule has 7 rings (SSSR count). The predicted molar refractivity (Wildman–Crippen MR) is 340 cm³/mol. The highest BCUT2D eigenvalue weighted by molar-refractivity contribution is 5.37. The third-order valence-electron chi connectivity index (χ3n) is 20.5. The minimum Gasteiger partial charge on any atom is -0.394 e. The maximum absolute atomic E-state index is 11.9. The van der Waals surface area contributed by atoms with E-state index in [2.05, 4.69) is 32.9 Å². The summed E-state index contributed by atoms with van der Waals surface area (Å²) in [7, 11) is 1.15. The number of aliphatic hydroxyl groups excluding tert-OH is 18. The van der Waals surface area contributed by atoms with Gasteiger partial charge < -0.3 is 153 Å². The molecular formula is C67H112O31. The lowest BCUT2D eigenvalue weighted by Crippen LogP contribution is -2.69. The van der Waals surface area contributed by atoms with Gasteiger partial charge in [-0.05, 0) is 75.9 Å². The van der Waals surface area contributed by atoms with Gasteiger partial charge in [0.2, 0.25) is 0 Å². The van der Waals surface area contributed by atoms with Gasteiger partial charge in [0.1, 0.15) is 153 Å². The van der Waals surface area contributed by atoms with Gasteiger partial charge in [-0.2, -0.15) is 0 Å². The van der Waals surface area contributed by atoms with Gasteiger partial charge in [-0.1, -0.05) is 101 Å². The molecule has 31 nitrogen and oxygen atoms in total. The molecule has 0 aromatic rings. The van der Waals surface area contributed by atoms with Crippen molar-refractivity contribution in [1.82, 2.24) is 0 Å². The van der Waals surface area contributed by atoms with Crippen LogP contribution in [-0.4, -0.2) is 334 Å². The van der Waals surface area contributed by atoms with Crippen molar-refractivity contribution in [2.24, 2.45) is 11.3 Å². The van der Waals surface area contributed by atoms with Crippen LogP contribution < -0.4 is 0 Å². The first-order chi connectivity index (χ1) is 46.5. The van der Waals surface area contributed by atoms with Crippen LogP contribution in [0, 0.1) is 11.3 Å². The third-order valence-corrected chi connectivity index (χ3v) is 20.5. The van der Waals surface area contributed by atoms with E-state index < -0.39 is 235 Å². The standard InChI is InChI=1S/C67H112O31/c1-11-33(12-2)54-44(76)45(77)58(40(88-54)29-87-41(73)23-31(6)18-15-17-30(5)20-21-34-32(7)19-16-22-66(34,8)9)96-64-51(83)47(79)56(37(26-70)91-64)94-62-50(82)46(78)55(36(25-69)90-62)95-63-52(84)48(80)57(38(27-71)92-63)97-65-60(86-10)53(85)59(39(28-72)93-65)98-67(13-3,14-4)61-49(81)43(75)42(74)35(24-68)89-61/h15,17-18,20-21,23,33,35-65,68-85H,11-14,16,19,22,24-29H2,1-10H3. The molecule has 6 aliphatic heterocycles. The number of methoxy groups -OCH3 is 1. The van der Waals surface area contributed by atoms with E-state index in [4.69, 9.17) is 61.6 Å². The second-order valence-electron chi connectivity index (χ2n) is 27.4. The Morgan fingerprint density at radius 3 is 1.44 bits per heavy atom. The monoisotopic (exact) mass is 1410 g/mol. The molecule has 0 spiro atoms. The van der Waals surface area contributed by atoms with Crippen LogP contribution in [0.5, 0.6) is 0 Å². The summed E-state index contributed by atoms with van der Waals surface area (Å²) in [4.78, 5) is 0. The van der Waals surface area contributed by atoms with Crippen molar-refractivity contribution < 1.29 is 153 Å². The SMILES string of the molecule is CCC(CC)C1OC(COC(O)C=C(C)C=CC=C(C)C=CC2=C(C)CCCC2(C)C)C(OC2OC(CO)C(OC3OC(CO)C(OC4OC(CO)C(OC5OC(CO)C(OC(CC)(CC)C6OC(CO)C(O)C(O)C6O)C(O)C5OC)C(O)C4O)C(O)C3O)C(O)C2O)C(O)C1O. The lowest BCUT2D eigenvalue weighted by atomic mass is 9.72. The summed E-state index contributed by atoms with van der Waals surface area (Å²) in [5.41, 5.74) is 2.92. The number of hydrogen-bond acceptors (Lipinski definition) is 31. The molecule has 0 radical (unpaired) electrons. The maximum Gasteiger partial charge on any atom is 0.187 e. The van der Waals surface area contributed by atoms with Crippen LogP contribution in [-0.2, 0) is 61.6 Å². The zero-order valence-corrected chi connectivity index (χ0v) is 57.5. The van der Waals surface area contributed by atoms with Crippen LogP contribution >= 0.6 is 0 Å². The van der Waals surface area contributed by atoms with E-state index in [-0.39, 0.29) is 24.2 Å². The normalized spacial score (nSPS) is 42.9. The average Bonchev–Trinajstić information content (AvgIpc) is 0.775. The van der Waals surface area contributed by atoms with Crippen molar-refractivity contribution in [1.29, 1.82) is 0 Å². The predicted octanol–water partition coefficient (Wildman–Crippen LogP) is -3.48. The molecule has 0 bridgehead atoms. The Labute approximate surface area is 571 Å². The topological polar surface area (TPSA) is 484 Å². The van der Waals surface area contributed by atoms with E-state index in [0.29, 0.717) is 18.4 Å². The van der Waals surface area contributed by atoms with Crippen LogP contribution in [0.3, 0.4) is 0 Å². The van der Waals surface area contributed by atoms with Gasteiger partial charge in [0, 0.05) is 7.11 Å². The Bertz CT molecular complexity index is 2580. The highest BCUT2D eigenvalue weighted by atomic mass is 16.8. The van der Waals surface area contributed by atoms with Crippen molar-refractivity contribution in [2.75, 3.05) is 46.8 Å². The number of aliphatic hydroxyl groups is 18. The van der Waals surface area contributed by atoms with Crippen LogP contribution in [0.1, 0.15) is 107 Å². The Morgan fingerprint density at radius 1 is 0.520 bits per heavy atom. The smallest absolute Gasteiger partial charge is 0.187 e. The molecule has 31 unspecified atom stereocenters. The number of hydrogen-bond donors (Lipinski definition) is 18. The van der Waals surface area contributed by atoms with Gasteiger partial charge in [0.25, 0.3) is 0 Å². The Balaban J connectivity index is 0.976. The quantitative estimate of drug-likeness (QED) is 0.0245. The van der Waals surface area contributed by atoms with E-state index in [0.717, 1.165) is 25.5 Å². The van der Waals surface area contributed by atoms with Crippen LogP contribution in [0.25, 0.3) is 0 Å². The minimum atomic E-state index is -2.17. The first-order valence-electron chi connectivity index (χ1n) is 34.2. The summed E-state index contributed by atoms with van der Waals surface area (Å²) in [5, 5.41) is 200. The molecule has 31 heteroatoms. The molecular weight excluding hydrogens is 1300 g/mol. The van der Waals surface area contributed by atoms with Crippen LogP contribution in [0.15, 0.2) is 58.7 Å². The first-order valence-corrected chi connectivity index (χ1v) is 34.2. The van der Waals surface area contributed by atoms with Gasteiger partial charge in [-0.25, -0.2) is 0 Å². The molecule has 0 aromatic carbocycles. The van der Waals surface area contributed by atoms with E-state index in [1.54, 1.807) is 26.8 Å². The van der Waals surface area contributed by atoms with Crippen molar-refractivity contribution in [3.8, 4) is 0 Å². The number of rotatable bonds is 30. The highest BCUT2D eigenvalue weighted by Gasteiger charge is 2.60. The van der Waals surface area contributed by atoms with E-state index >= 15 is 0 Å². The van der Waals surface area contributed by atoms with Crippen molar-refractivity contribution >= 4 is 0 Å². The second-order valence-corrected chi connectivity index (χ2v) is 27.4. The fourth-order valence-corrected chi connectivity index (χ4v) is 14.4. The molecule has 566 valence electrons. The molecule has 7 aliphatic rings. The molecule has 0 saturated carbocycles. The highest BCUT2D eigenvalue weighted by Crippen LogP contribution is 2.43. The Hall–Kier alpha value is -2.54. The fraction of sp³-hybridized carbons (Fsp3) is 0.851. The maximum atomic E-state index is 11.9. The molecule has 6 saturated heterocycles. The third kappa shape index (κ3) is 18.6. The lowest BCUT2D eigenvalue weighted by Gasteiger charge is -2.52. The van der Waals surface area contributed by atoms with Gasteiger partial charge in [0.15, 0.2) is 31.5 Å². The average molecular weight is 1410 g/mol. The van der Waals surface area contributed by atoms with E-state index in [1.165, 1.54) is 23.6 Å². The summed E-state index contributed by atoms with van der Waals surface area (Å²) in [6.45, 7) is 12.6. The van der Waals surface area contributed by atoms with E-state index in [9.17, 15) is 91.9 Å². The van der Waals surface area contributed by atoms with Gasteiger partial charge in [0.05, 0.1) is 51.3 Å². The van der Waals surface area contributed by atoms with E-state index in [1.807, 2.05) is 32.9 Å². The molecule has 6 heterocycles. The molecule has 6 fully saturated rings. The first kappa shape index (κ1) is 82.7. The summed E-state index contributed by atoms with van der Waals surface area (Å²) in [6, 6.07) is 0. The van der Waals surface area contributed by atoms with Crippen molar-refractivity contribution in [3.05, 3.63) is 58.7 Å². The molecule has 98 heavy (non-hydrogen) atoms. The zero-order valence-electron chi connectivity index (χ0n) is 57.5. The van der Waals surface area contributed by atoms with Crippen molar-refractivity contribution in [3.63, 3.8) is 0 Å². The van der Waals surface area contributed by atoms with Crippen LogP contribution in [0.4, 0.5) is 0 Å². The van der Waals surface area contributed by atoms with Gasteiger partial charge >= 0.3 is 0 Å². The summed E-state index contributed by atoms with van der Waals surface area (Å²) >= 11 is 0.